The molecule has 3 amide bonds. The number of fused-ring (bicyclic) bond motifs is 1. The molecule has 2 aromatic rings. The van der Waals surface area contributed by atoms with E-state index < -0.39 is 65.2 Å². The zero-order chi connectivity index (χ0) is 29.8. The number of rotatable bonds is 7. The summed E-state index contributed by atoms with van der Waals surface area (Å²) in [6.45, 7) is -0.183. The van der Waals surface area contributed by atoms with Gasteiger partial charge in [0.2, 0.25) is 17.7 Å². The van der Waals surface area contributed by atoms with Crippen LogP contribution in [0.4, 0.5) is 32.0 Å². The van der Waals surface area contributed by atoms with Crippen LogP contribution in [0.1, 0.15) is 48.0 Å². The maximum absolute atomic E-state index is 13.7. The lowest BCUT2D eigenvalue weighted by Crippen LogP contribution is -2.57. The van der Waals surface area contributed by atoms with E-state index in [-0.39, 0.29) is 43.5 Å². The van der Waals surface area contributed by atoms with Crippen molar-refractivity contribution < 1.29 is 50.3 Å². The molecule has 1 aliphatic heterocycles. The summed E-state index contributed by atoms with van der Waals surface area (Å²) in [7, 11) is 0. The molecule has 5 rings (SSSR count). The van der Waals surface area contributed by atoms with Gasteiger partial charge in [-0.25, -0.2) is 0 Å². The number of nitrogens with zero attached hydrogens (tertiary/aromatic N) is 1. The predicted molar refractivity (Wildman–Crippen MR) is 129 cm³/mol. The van der Waals surface area contributed by atoms with Crippen molar-refractivity contribution in [3.63, 3.8) is 0 Å². The maximum atomic E-state index is 13.7. The number of para-hydroxylation sites is 1. The predicted octanol–water partition coefficient (Wildman–Crippen LogP) is 4.18. The largest absolute Gasteiger partial charge is 0.573 e. The molecule has 2 aliphatic carbocycles. The molecule has 2 aromatic carbocycles. The second-order valence-electron chi connectivity index (χ2n) is 10.4. The van der Waals surface area contributed by atoms with E-state index in [0.717, 1.165) is 12.1 Å². The van der Waals surface area contributed by atoms with Crippen molar-refractivity contribution in [3.05, 3.63) is 59.7 Å². The third-order valence-electron chi connectivity index (χ3n) is 7.52. The molecule has 2 N–H and O–H groups in total. The van der Waals surface area contributed by atoms with Gasteiger partial charge >= 0.3 is 12.5 Å². The van der Waals surface area contributed by atoms with Crippen molar-refractivity contribution >= 4 is 29.2 Å². The summed E-state index contributed by atoms with van der Waals surface area (Å²) in [6, 6.07) is 9.47. The Morgan fingerprint density at radius 1 is 0.902 bits per heavy atom. The summed E-state index contributed by atoms with van der Waals surface area (Å²) in [5, 5.41) is 4.68. The average molecular weight is 583 g/mol. The van der Waals surface area contributed by atoms with E-state index in [2.05, 4.69) is 15.4 Å². The number of carbonyl (C=O) groups is 4. The molecule has 2 saturated carbocycles. The quantitative estimate of drug-likeness (QED) is 0.476. The van der Waals surface area contributed by atoms with E-state index in [9.17, 15) is 45.5 Å². The van der Waals surface area contributed by atoms with Gasteiger partial charge in [0, 0.05) is 12.0 Å². The van der Waals surface area contributed by atoms with Gasteiger partial charge in [0.25, 0.3) is 0 Å². The lowest BCUT2D eigenvalue weighted by molar-refractivity contribution is -0.274. The Morgan fingerprint density at radius 2 is 1.54 bits per heavy atom. The van der Waals surface area contributed by atoms with E-state index in [4.69, 9.17) is 0 Å². The summed E-state index contributed by atoms with van der Waals surface area (Å²) < 4.78 is 81.6. The van der Waals surface area contributed by atoms with Crippen molar-refractivity contribution in [1.29, 1.82) is 0 Å². The molecule has 14 heteroatoms. The molecule has 2 fully saturated rings. The third kappa shape index (κ3) is 5.59. The summed E-state index contributed by atoms with van der Waals surface area (Å²) in [5.74, 6) is -3.86. The molecule has 1 atom stereocenters. The Balaban J connectivity index is 1.35. The summed E-state index contributed by atoms with van der Waals surface area (Å²) >= 11 is 0. The molecular weight excluding hydrogens is 560 g/mol. The molecule has 0 saturated heterocycles. The first-order chi connectivity index (χ1) is 19.1. The summed E-state index contributed by atoms with van der Waals surface area (Å²) in [4.78, 5) is 53.6. The minimum atomic E-state index is -4.89. The molecule has 0 spiro atoms. The topological polar surface area (TPSA) is 105 Å². The van der Waals surface area contributed by atoms with Crippen LogP contribution in [0.2, 0.25) is 0 Å². The Morgan fingerprint density at radius 3 is 2.10 bits per heavy atom. The van der Waals surface area contributed by atoms with Gasteiger partial charge in [0.05, 0.1) is 12.2 Å². The SMILES string of the molecule is O=C1C[C@@H](NC(=O)C2(NC(=O)C3(C(F)(F)F)CC3)CC2)C(=O)N(Cc2ccc(OC(F)(F)F)cc2)c2ccccc21. The van der Waals surface area contributed by atoms with Crippen LogP contribution in [-0.2, 0) is 20.9 Å². The van der Waals surface area contributed by atoms with E-state index in [1.54, 1.807) is 12.1 Å². The van der Waals surface area contributed by atoms with Crippen LogP contribution < -0.4 is 20.3 Å². The Bertz CT molecular complexity index is 1400. The molecule has 0 bridgehead atoms. The third-order valence-corrected chi connectivity index (χ3v) is 7.52. The second kappa shape index (κ2) is 9.77. The number of ketones is 1. The molecule has 0 radical (unpaired) electrons. The first kappa shape index (κ1) is 28.4. The molecule has 0 aromatic heterocycles. The van der Waals surface area contributed by atoms with Crippen molar-refractivity contribution in [2.75, 3.05) is 4.90 Å². The molecule has 41 heavy (non-hydrogen) atoms. The van der Waals surface area contributed by atoms with Crippen molar-refractivity contribution in [1.82, 2.24) is 10.6 Å². The maximum Gasteiger partial charge on any atom is 0.573 e. The zero-order valence-corrected chi connectivity index (χ0v) is 21.2. The molecule has 3 aliphatic rings. The van der Waals surface area contributed by atoms with Crippen LogP contribution in [0, 0.1) is 5.41 Å². The molecular formula is C27H23F6N3O5. The Kier molecular flexibility index (Phi) is 6.77. The van der Waals surface area contributed by atoms with Gasteiger partial charge < -0.3 is 20.3 Å². The van der Waals surface area contributed by atoms with Gasteiger partial charge in [-0.3, -0.25) is 19.2 Å². The van der Waals surface area contributed by atoms with Crippen molar-refractivity contribution in [2.24, 2.45) is 5.41 Å². The van der Waals surface area contributed by atoms with E-state index >= 15 is 0 Å². The fourth-order valence-electron chi connectivity index (χ4n) is 4.82. The van der Waals surface area contributed by atoms with Crippen LogP contribution >= 0.6 is 0 Å². The molecule has 8 nitrogen and oxygen atoms in total. The number of Topliss-reactive ketones (excluding diaryl/α,β-unsaturated/α-hetero) is 1. The fourth-order valence-corrected chi connectivity index (χ4v) is 4.82. The van der Waals surface area contributed by atoms with E-state index in [0.29, 0.717) is 5.56 Å². The van der Waals surface area contributed by atoms with Crippen molar-refractivity contribution in [3.8, 4) is 5.75 Å². The fraction of sp³-hybridized carbons (Fsp3) is 0.407. The molecule has 0 unspecified atom stereocenters. The second-order valence-corrected chi connectivity index (χ2v) is 10.4. The standard InChI is InChI=1S/C27H23F6N3O5/c28-26(29,30)24(9-10-24)22(39)35-25(11-12-25)23(40)34-18-13-20(37)17-3-1-2-4-19(17)36(21(18)38)14-15-5-7-16(8-6-15)41-27(31,32)33/h1-8,18H,9-14H2,(H,34,40)(H,35,39)/t18-/m1/s1. The summed E-state index contributed by atoms with van der Waals surface area (Å²) in [5.41, 5.74) is -3.39. The van der Waals surface area contributed by atoms with E-state index in [1.165, 1.54) is 29.2 Å². The van der Waals surface area contributed by atoms with Gasteiger partial charge in [-0.15, -0.1) is 13.2 Å². The number of amides is 3. The monoisotopic (exact) mass is 583 g/mol. The number of alkyl halides is 6. The number of hydrogen-bond acceptors (Lipinski definition) is 5. The van der Waals surface area contributed by atoms with Crippen LogP contribution in [-0.4, -0.2) is 47.6 Å². The van der Waals surface area contributed by atoms with Gasteiger partial charge in [0.15, 0.2) is 5.78 Å². The van der Waals surface area contributed by atoms with Gasteiger partial charge in [-0.05, 0) is 55.5 Å². The van der Waals surface area contributed by atoms with Gasteiger partial charge in [0.1, 0.15) is 22.7 Å². The number of anilines is 1. The van der Waals surface area contributed by atoms with Gasteiger partial charge in [-0.2, -0.15) is 13.2 Å². The number of ether oxygens (including phenoxy) is 1. The number of halogens is 6. The van der Waals surface area contributed by atoms with Crippen molar-refractivity contribution in [2.45, 2.75) is 62.8 Å². The summed E-state index contributed by atoms with van der Waals surface area (Å²) in [6.07, 6.45) is -10.8. The highest BCUT2D eigenvalue weighted by atomic mass is 19.4. The number of hydrogen-bond donors (Lipinski definition) is 2. The minimum absolute atomic E-state index is 0.0592. The number of benzene rings is 2. The first-order valence-corrected chi connectivity index (χ1v) is 12.6. The lowest BCUT2D eigenvalue weighted by atomic mass is 10.0. The minimum Gasteiger partial charge on any atom is -0.406 e. The van der Waals surface area contributed by atoms with Gasteiger partial charge in [-0.1, -0.05) is 24.3 Å². The molecule has 1 heterocycles. The first-order valence-electron chi connectivity index (χ1n) is 12.6. The Labute approximate surface area is 229 Å². The normalized spacial score (nSPS) is 20.9. The highest BCUT2D eigenvalue weighted by Crippen LogP contribution is 2.58. The Hall–Kier alpha value is -4.10. The molecule has 218 valence electrons. The van der Waals surface area contributed by atoms with Crippen LogP contribution in [0.3, 0.4) is 0 Å². The van der Waals surface area contributed by atoms with Crippen LogP contribution in [0.25, 0.3) is 0 Å². The number of carbonyl (C=O) groups excluding carboxylic acids is 4. The van der Waals surface area contributed by atoms with Crippen LogP contribution in [0.15, 0.2) is 48.5 Å². The van der Waals surface area contributed by atoms with E-state index in [1.807, 2.05) is 0 Å². The highest BCUT2D eigenvalue weighted by molar-refractivity contribution is 6.13. The highest BCUT2D eigenvalue weighted by Gasteiger charge is 2.70. The average Bonchev–Trinajstić information content (AvgIpc) is 3.80. The van der Waals surface area contributed by atoms with Crippen LogP contribution in [0.5, 0.6) is 5.75 Å². The smallest absolute Gasteiger partial charge is 0.406 e. The zero-order valence-electron chi connectivity index (χ0n) is 21.2. The lowest BCUT2D eigenvalue weighted by Gasteiger charge is -2.28. The number of nitrogens with one attached hydrogen (secondary N) is 2.